The summed E-state index contributed by atoms with van der Waals surface area (Å²) in [5, 5.41) is 42.1. The minimum atomic E-state index is -3.05. The van der Waals surface area contributed by atoms with Crippen molar-refractivity contribution in [1.82, 2.24) is 5.32 Å². The van der Waals surface area contributed by atoms with Gasteiger partial charge in [0.25, 0.3) is 0 Å². The van der Waals surface area contributed by atoms with Crippen LogP contribution in [0.25, 0.3) is 11.1 Å². The van der Waals surface area contributed by atoms with Crippen molar-refractivity contribution in [2.24, 2.45) is 5.92 Å². The van der Waals surface area contributed by atoms with Crippen LogP contribution >= 0.6 is 0 Å². The lowest BCUT2D eigenvalue weighted by Crippen LogP contribution is -2.55. The van der Waals surface area contributed by atoms with Gasteiger partial charge >= 0.3 is 17.9 Å². The fourth-order valence-corrected chi connectivity index (χ4v) is 5.45. The van der Waals surface area contributed by atoms with Gasteiger partial charge in [0.05, 0.1) is 12.3 Å². The molecule has 2 aromatic rings. The number of hydrogen-bond donors (Lipinski definition) is 5. The number of nitrogens with one attached hydrogen (secondary N) is 1. The van der Waals surface area contributed by atoms with Gasteiger partial charge in [-0.3, -0.25) is 14.4 Å². The molecular formula is C37H48FNO9. The number of ketones is 1. The van der Waals surface area contributed by atoms with Gasteiger partial charge in [-0.25, -0.2) is 14.0 Å². The van der Waals surface area contributed by atoms with Crippen molar-refractivity contribution in [2.75, 3.05) is 0 Å². The van der Waals surface area contributed by atoms with E-state index in [1.165, 1.54) is 18.6 Å². The zero-order valence-corrected chi connectivity index (χ0v) is 27.5. The number of carbonyl (C=O) groups is 5. The Labute approximate surface area is 281 Å². The molecule has 0 saturated carbocycles. The number of carboxylic acids is 3. The van der Waals surface area contributed by atoms with Crippen LogP contribution in [0.4, 0.5) is 4.39 Å². The summed E-state index contributed by atoms with van der Waals surface area (Å²) in [5.41, 5.74) is -1.66. The Bertz CT molecular complexity index is 1390. The molecule has 0 spiro atoms. The number of benzene rings is 2. The van der Waals surface area contributed by atoms with Gasteiger partial charge in [0.15, 0.2) is 5.60 Å². The standard InChI is InChI=1S/C37H48FNO9/c1-2-3-4-7-10-15-28(40)16-11-8-5-6-9-12-18-30(37(48,36(46)47)25-33(41)42)34(43)39-32(35(44)45)24-26-20-22-27(23-21-26)29-17-13-14-19-31(29)38/h12-14,17-23,30,32,48H,2-11,15-16,24-25H2,1H3,(H,39,43)(H,41,42)(H,44,45)(H,46,47)/b18-12+/t30-,32+,37+/m1/s1. The molecule has 0 aliphatic carbocycles. The molecule has 0 fully saturated rings. The topological polar surface area (TPSA) is 178 Å². The largest absolute Gasteiger partial charge is 0.481 e. The van der Waals surface area contributed by atoms with Gasteiger partial charge in [0.2, 0.25) is 5.91 Å². The molecule has 2 aromatic carbocycles. The molecule has 0 radical (unpaired) electrons. The number of unbranched alkanes of at least 4 members (excludes halogenated alkanes) is 8. The number of aliphatic carboxylic acids is 3. The normalized spacial score (nSPS) is 13.8. The smallest absolute Gasteiger partial charge is 0.337 e. The third-order valence-electron chi connectivity index (χ3n) is 8.25. The summed E-state index contributed by atoms with van der Waals surface area (Å²) in [7, 11) is 0. The number of aliphatic hydroxyl groups is 1. The average Bonchev–Trinajstić information content (AvgIpc) is 3.03. The average molecular weight is 670 g/mol. The van der Waals surface area contributed by atoms with Gasteiger partial charge in [-0.05, 0) is 42.9 Å². The Kier molecular flexibility index (Phi) is 17.2. The lowest BCUT2D eigenvalue weighted by molar-refractivity contribution is -0.172. The van der Waals surface area contributed by atoms with E-state index in [-0.39, 0.29) is 12.2 Å². The Morgan fingerprint density at radius 3 is 2.00 bits per heavy atom. The highest BCUT2D eigenvalue weighted by Gasteiger charge is 2.49. The predicted molar refractivity (Wildman–Crippen MR) is 179 cm³/mol. The molecule has 0 aromatic heterocycles. The maximum absolute atomic E-state index is 14.2. The van der Waals surface area contributed by atoms with E-state index >= 15 is 0 Å². The molecule has 3 atom stereocenters. The Morgan fingerprint density at radius 2 is 1.44 bits per heavy atom. The molecule has 0 aliphatic rings. The van der Waals surface area contributed by atoms with Crippen LogP contribution in [0, 0.1) is 11.7 Å². The first kappa shape index (κ1) is 39.8. The third kappa shape index (κ3) is 13.4. The molecule has 1 amide bonds. The maximum atomic E-state index is 14.2. The second-order valence-corrected chi connectivity index (χ2v) is 12.1. The van der Waals surface area contributed by atoms with Gasteiger partial charge in [-0.2, -0.15) is 0 Å². The van der Waals surface area contributed by atoms with Crippen LogP contribution in [-0.4, -0.2) is 61.7 Å². The Hall–Kier alpha value is -4.38. The van der Waals surface area contributed by atoms with Crippen molar-refractivity contribution in [3.8, 4) is 11.1 Å². The molecule has 5 N–H and O–H groups in total. The van der Waals surface area contributed by atoms with Crippen molar-refractivity contribution < 1.29 is 48.8 Å². The number of rotatable bonds is 24. The minimum Gasteiger partial charge on any atom is -0.481 e. The SMILES string of the molecule is CCCCCCCC(=O)CCCCCC/C=C/[C@H](C(=O)N[C@@H](Cc1ccc(-c2ccccc2F)cc1)C(=O)O)[C@@](O)(CC(=O)O)C(=O)O. The molecule has 48 heavy (non-hydrogen) atoms. The van der Waals surface area contributed by atoms with Crippen LogP contribution in [0.1, 0.15) is 96.0 Å². The van der Waals surface area contributed by atoms with Gasteiger partial charge < -0.3 is 25.7 Å². The van der Waals surface area contributed by atoms with E-state index in [4.69, 9.17) is 0 Å². The first-order valence-corrected chi connectivity index (χ1v) is 16.6. The predicted octanol–water partition coefficient (Wildman–Crippen LogP) is 6.34. The van der Waals surface area contributed by atoms with Gasteiger partial charge in [0, 0.05) is 24.8 Å². The number of carbonyl (C=O) groups excluding carboxylic acids is 2. The molecule has 10 nitrogen and oxygen atoms in total. The number of amides is 1. The van der Waals surface area contributed by atoms with Crippen molar-refractivity contribution in [1.29, 1.82) is 0 Å². The quantitative estimate of drug-likeness (QED) is 0.0630. The van der Waals surface area contributed by atoms with Crippen LogP contribution < -0.4 is 5.32 Å². The highest BCUT2D eigenvalue weighted by Crippen LogP contribution is 2.26. The van der Waals surface area contributed by atoms with Gasteiger partial charge in [0.1, 0.15) is 17.6 Å². The molecule has 2 rings (SSSR count). The fraction of sp³-hybridized carbons (Fsp3) is 0.486. The summed E-state index contributed by atoms with van der Waals surface area (Å²) < 4.78 is 14.2. The van der Waals surface area contributed by atoms with E-state index < -0.39 is 53.6 Å². The Morgan fingerprint density at radius 1 is 0.833 bits per heavy atom. The van der Waals surface area contributed by atoms with Gasteiger partial charge in [-0.1, -0.05) is 100 Å². The van der Waals surface area contributed by atoms with Crippen LogP contribution in [0.2, 0.25) is 0 Å². The van der Waals surface area contributed by atoms with Crippen LogP contribution in [0.5, 0.6) is 0 Å². The number of carboxylic acid groups (broad SMARTS) is 3. The number of Topliss-reactive ketones (excluding diaryl/α,β-unsaturated/α-hetero) is 1. The van der Waals surface area contributed by atoms with Crippen molar-refractivity contribution in [3.05, 3.63) is 72.1 Å². The zero-order valence-electron chi connectivity index (χ0n) is 27.5. The lowest BCUT2D eigenvalue weighted by Gasteiger charge is -2.29. The second-order valence-electron chi connectivity index (χ2n) is 12.1. The number of halogens is 1. The first-order valence-electron chi connectivity index (χ1n) is 16.6. The second kappa shape index (κ2) is 20.8. The molecule has 0 saturated heterocycles. The number of allylic oxidation sites excluding steroid dienone is 1. The molecule has 0 heterocycles. The summed E-state index contributed by atoms with van der Waals surface area (Å²) in [6, 6.07) is 10.9. The molecule has 0 aliphatic heterocycles. The lowest BCUT2D eigenvalue weighted by atomic mass is 9.82. The molecule has 0 unspecified atom stereocenters. The molecular weight excluding hydrogens is 621 g/mol. The summed E-state index contributed by atoms with van der Waals surface area (Å²) >= 11 is 0. The highest BCUT2D eigenvalue weighted by atomic mass is 19.1. The van der Waals surface area contributed by atoms with E-state index in [0.29, 0.717) is 42.4 Å². The zero-order chi connectivity index (χ0) is 35.5. The van der Waals surface area contributed by atoms with E-state index in [2.05, 4.69) is 12.2 Å². The molecule has 262 valence electrons. The van der Waals surface area contributed by atoms with Crippen LogP contribution in [0.15, 0.2) is 60.7 Å². The third-order valence-corrected chi connectivity index (χ3v) is 8.25. The first-order chi connectivity index (χ1) is 22.9. The van der Waals surface area contributed by atoms with Crippen LogP contribution in [-0.2, 0) is 30.4 Å². The van der Waals surface area contributed by atoms with E-state index in [1.807, 2.05) is 0 Å². The minimum absolute atomic E-state index is 0.221. The number of hydrogen-bond acceptors (Lipinski definition) is 6. The summed E-state index contributed by atoms with van der Waals surface area (Å²) in [6.45, 7) is 2.14. The van der Waals surface area contributed by atoms with Crippen molar-refractivity contribution >= 4 is 29.6 Å². The van der Waals surface area contributed by atoms with Gasteiger partial charge in [-0.15, -0.1) is 0 Å². The van der Waals surface area contributed by atoms with E-state index in [0.717, 1.165) is 51.0 Å². The monoisotopic (exact) mass is 669 g/mol. The highest BCUT2D eigenvalue weighted by molar-refractivity contribution is 5.94. The maximum Gasteiger partial charge on any atom is 0.337 e. The van der Waals surface area contributed by atoms with Crippen LogP contribution in [0.3, 0.4) is 0 Å². The molecule has 11 heteroatoms. The van der Waals surface area contributed by atoms with Crippen molar-refractivity contribution in [2.45, 2.75) is 108 Å². The van der Waals surface area contributed by atoms with Crippen molar-refractivity contribution in [3.63, 3.8) is 0 Å². The van der Waals surface area contributed by atoms with E-state index in [1.54, 1.807) is 42.5 Å². The fourth-order valence-electron chi connectivity index (χ4n) is 5.45. The molecule has 0 bridgehead atoms. The van der Waals surface area contributed by atoms with E-state index in [9.17, 15) is 48.8 Å². The summed E-state index contributed by atoms with van der Waals surface area (Å²) in [5.74, 6) is -8.29. The summed E-state index contributed by atoms with van der Waals surface area (Å²) in [6.07, 6.45) is 11.0. The Balaban J connectivity index is 2.03. The summed E-state index contributed by atoms with van der Waals surface area (Å²) in [4.78, 5) is 61.0.